The average molecular weight is 189 g/mol. The van der Waals surface area contributed by atoms with Crippen LogP contribution in [0.3, 0.4) is 0 Å². The topological polar surface area (TPSA) is 54.9 Å². The van der Waals surface area contributed by atoms with Crippen LogP contribution in [0, 0.1) is 0 Å². The van der Waals surface area contributed by atoms with Crippen LogP contribution < -0.4 is 5.32 Å². The summed E-state index contributed by atoms with van der Waals surface area (Å²) in [6.45, 7) is 3.36. The van der Waals surface area contributed by atoms with Crippen molar-refractivity contribution in [2.24, 2.45) is 0 Å². The molecule has 2 rings (SSSR count). The maximum absolute atomic E-state index is 11.0. The molecule has 0 aliphatic heterocycles. The molecule has 1 amide bonds. The van der Waals surface area contributed by atoms with E-state index in [1.165, 1.54) is 18.9 Å². The van der Waals surface area contributed by atoms with E-state index >= 15 is 0 Å². The molecule has 1 aliphatic carbocycles. The third-order valence-corrected chi connectivity index (χ3v) is 2.09. The third kappa shape index (κ3) is 1.96. The van der Waals surface area contributed by atoms with Crippen LogP contribution in [-0.4, -0.2) is 15.9 Å². The van der Waals surface area contributed by atoms with Gasteiger partial charge in [0.15, 0.2) is 0 Å². The summed E-state index contributed by atoms with van der Waals surface area (Å²) in [4.78, 5) is 19.1. The number of rotatable bonds is 3. The maximum atomic E-state index is 11.0. The van der Waals surface area contributed by atoms with Gasteiger partial charge in [0.25, 0.3) is 0 Å². The van der Waals surface area contributed by atoms with Crippen molar-refractivity contribution in [2.75, 3.05) is 5.32 Å². The lowest BCUT2D eigenvalue weighted by molar-refractivity contribution is -0.111. The number of hydrogen-bond donors (Lipinski definition) is 1. The smallest absolute Gasteiger partial charge is 0.250 e. The number of aromatic nitrogens is 2. The van der Waals surface area contributed by atoms with Crippen molar-refractivity contribution in [2.45, 2.75) is 18.8 Å². The number of nitrogens with zero attached hydrogens (tertiary/aromatic N) is 2. The summed E-state index contributed by atoms with van der Waals surface area (Å²) in [7, 11) is 0. The van der Waals surface area contributed by atoms with Crippen LogP contribution in [0.15, 0.2) is 24.9 Å². The van der Waals surface area contributed by atoms with Gasteiger partial charge in [0, 0.05) is 17.8 Å². The van der Waals surface area contributed by atoms with Gasteiger partial charge in [-0.15, -0.1) is 0 Å². The second-order valence-electron chi connectivity index (χ2n) is 3.27. The third-order valence-electron chi connectivity index (χ3n) is 2.09. The second-order valence-corrected chi connectivity index (χ2v) is 3.27. The molecule has 72 valence electrons. The van der Waals surface area contributed by atoms with Crippen LogP contribution in [-0.2, 0) is 4.79 Å². The second kappa shape index (κ2) is 3.57. The SMILES string of the molecule is C=CC(=O)Nc1nccc(C2CC2)n1. The van der Waals surface area contributed by atoms with Crippen molar-refractivity contribution in [1.82, 2.24) is 9.97 Å². The standard InChI is InChI=1S/C10H11N3O/c1-2-9(14)13-10-11-6-5-8(12-10)7-3-4-7/h2,5-7H,1,3-4H2,(H,11,12,13,14). The van der Waals surface area contributed by atoms with Gasteiger partial charge in [-0.05, 0) is 25.0 Å². The van der Waals surface area contributed by atoms with Gasteiger partial charge < -0.3 is 0 Å². The zero-order valence-corrected chi connectivity index (χ0v) is 7.73. The van der Waals surface area contributed by atoms with Gasteiger partial charge in [0.1, 0.15) is 0 Å². The zero-order chi connectivity index (χ0) is 9.97. The van der Waals surface area contributed by atoms with Crippen LogP contribution in [0.4, 0.5) is 5.95 Å². The fraction of sp³-hybridized carbons (Fsp3) is 0.300. The molecule has 0 atom stereocenters. The molecule has 1 N–H and O–H groups in total. The average Bonchev–Trinajstić information content (AvgIpc) is 3.01. The van der Waals surface area contributed by atoms with E-state index in [4.69, 9.17) is 0 Å². The van der Waals surface area contributed by atoms with Crippen molar-refractivity contribution in [3.05, 3.63) is 30.6 Å². The fourth-order valence-electron chi connectivity index (χ4n) is 1.20. The Morgan fingerprint density at radius 2 is 2.43 bits per heavy atom. The maximum Gasteiger partial charge on any atom is 0.250 e. The Labute approximate surface area is 82.1 Å². The van der Waals surface area contributed by atoms with Crippen LogP contribution >= 0.6 is 0 Å². The summed E-state index contributed by atoms with van der Waals surface area (Å²) in [6, 6.07) is 1.89. The highest BCUT2D eigenvalue weighted by Crippen LogP contribution is 2.38. The number of carbonyl (C=O) groups is 1. The minimum Gasteiger partial charge on any atom is -0.291 e. The Kier molecular flexibility index (Phi) is 2.26. The minimum absolute atomic E-state index is 0.280. The quantitative estimate of drug-likeness (QED) is 0.733. The van der Waals surface area contributed by atoms with Crippen molar-refractivity contribution < 1.29 is 4.79 Å². The molecule has 1 aliphatic rings. The molecule has 1 aromatic heterocycles. The highest BCUT2D eigenvalue weighted by molar-refractivity contribution is 5.97. The van der Waals surface area contributed by atoms with Crippen LogP contribution in [0.25, 0.3) is 0 Å². The Balaban J connectivity index is 2.13. The molecular weight excluding hydrogens is 178 g/mol. The Morgan fingerprint density at radius 1 is 1.64 bits per heavy atom. The van der Waals surface area contributed by atoms with E-state index < -0.39 is 0 Å². The first-order valence-corrected chi connectivity index (χ1v) is 4.56. The van der Waals surface area contributed by atoms with E-state index in [-0.39, 0.29) is 5.91 Å². The van der Waals surface area contributed by atoms with E-state index in [1.807, 2.05) is 6.07 Å². The first kappa shape index (κ1) is 8.87. The first-order valence-electron chi connectivity index (χ1n) is 4.56. The largest absolute Gasteiger partial charge is 0.291 e. The normalized spacial score (nSPS) is 14.9. The lowest BCUT2D eigenvalue weighted by atomic mass is 10.3. The summed E-state index contributed by atoms with van der Waals surface area (Å²) in [5.41, 5.74) is 1.01. The molecule has 0 radical (unpaired) electrons. The molecule has 0 bridgehead atoms. The predicted octanol–water partition coefficient (Wildman–Crippen LogP) is 1.48. The van der Waals surface area contributed by atoms with E-state index in [0.29, 0.717) is 11.9 Å². The summed E-state index contributed by atoms with van der Waals surface area (Å²) in [5.74, 6) is 0.648. The van der Waals surface area contributed by atoms with Gasteiger partial charge in [-0.1, -0.05) is 6.58 Å². The molecule has 0 spiro atoms. The predicted molar refractivity (Wildman–Crippen MR) is 52.8 cm³/mol. The van der Waals surface area contributed by atoms with Gasteiger partial charge in [0.05, 0.1) is 0 Å². The Morgan fingerprint density at radius 3 is 3.07 bits per heavy atom. The van der Waals surface area contributed by atoms with Crippen LogP contribution in [0.1, 0.15) is 24.5 Å². The lowest BCUT2D eigenvalue weighted by Gasteiger charge is -2.01. The van der Waals surface area contributed by atoms with E-state index in [0.717, 1.165) is 5.69 Å². The first-order chi connectivity index (χ1) is 6.79. The van der Waals surface area contributed by atoms with E-state index in [1.54, 1.807) is 6.20 Å². The van der Waals surface area contributed by atoms with Gasteiger partial charge in [-0.2, -0.15) is 0 Å². The van der Waals surface area contributed by atoms with Crippen molar-refractivity contribution in [3.63, 3.8) is 0 Å². The number of carbonyl (C=O) groups excluding carboxylic acids is 1. The monoisotopic (exact) mass is 189 g/mol. The van der Waals surface area contributed by atoms with Gasteiger partial charge in [-0.25, -0.2) is 9.97 Å². The highest BCUT2D eigenvalue weighted by atomic mass is 16.1. The van der Waals surface area contributed by atoms with Gasteiger partial charge in [-0.3, -0.25) is 10.1 Å². The van der Waals surface area contributed by atoms with Crippen molar-refractivity contribution in [1.29, 1.82) is 0 Å². The summed E-state index contributed by atoms with van der Waals surface area (Å²) in [5, 5.41) is 2.54. The minimum atomic E-state index is -0.280. The number of amides is 1. The van der Waals surface area contributed by atoms with Crippen LogP contribution in [0.2, 0.25) is 0 Å². The molecule has 0 aromatic carbocycles. The van der Waals surface area contributed by atoms with Crippen LogP contribution in [0.5, 0.6) is 0 Å². The molecule has 0 unspecified atom stereocenters. The molecule has 4 nitrogen and oxygen atoms in total. The zero-order valence-electron chi connectivity index (χ0n) is 7.73. The molecule has 1 saturated carbocycles. The molecule has 14 heavy (non-hydrogen) atoms. The Hall–Kier alpha value is -1.71. The molecule has 1 fully saturated rings. The van der Waals surface area contributed by atoms with Gasteiger partial charge in [0.2, 0.25) is 11.9 Å². The number of hydrogen-bond acceptors (Lipinski definition) is 3. The molecule has 0 saturated heterocycles. The summed E-state index contributed by atoms with van der Waals surface area (Å²) >= 11 is 0. The van der Waals surface area contributed by atoms with Crippen molar-refractivity contribution in [3.8, 4) is 0 Å². The fourth-order valence-corrected chi connectivity index (χ4v) is 1.20. The molecule has 1 aromatic rings. The summed E-state index contributed by atoms with van der Waals surface area (Å²) in [6.07, 6.45) is 5.24. The van der Waals surface area contributed by atoms with Crippen molar-refractivity contribution >= 4 is 11.9 Å². The molecule has 1 heterocycles. The van der Waals surface area contributed by atoms with E-state index in [9.17, 15) is 4.79 Å². The van der Waals surface area contributed by atoms with Gasteiger partial charge >= 0.3 is 0 Å². The molecule has 4 heteroatoms. The summed E-state index contributed by atoms with van der Waals surface area (Å²) < 4.78 is 0. The number of nitrogens with one attached hydrogen (secondary N) is 1. The Bertz CT molecular complexity index is 371. The molecular formula is C10H11N3O. The lowest BCUT2D eigenvalue weighted by Crippen LogP contribution is -2.10. The number of anilines is 1. The van der Waals surface area contributed by atoms with E-state index in [2.05, 4.69) is 21.9 Å². The highest BCUT2D eigenvalue weighted by Gasteiger charge is 2.25.